The standard InChI is InChI=1S/C6H6F2O8P/c1-13-3(9)5(11)15-17(7,8)16-6(12)4(10)14-2/h1-2H3/q+1. The summed E-state index contributed by atoms with van der Waals surface area (Å²) >= 11 is 0. The number of halogens is 2. The molecule has 0 radical (unpaired) electrons. The summed E-state index contributed by atoms with van der Waals surface area (Å²) in [5.74, 6) is -7.52. The van der Waals surface area contributed by atoms with Crippen LogP contribution in [0.5, 0.6) is 0 Å². The van der Waals surface area contributed by atoms with Crippen LogP contribution in [0.3, 0.4) is 0 Å². The van der Waals surface area contributed by atoms with Crippen molar-refractivity contribution in [2.75, 3.05) is 14.2 Å². The first-order valence-corrected chi connectivity index (χ1v) is 5.06. The predicted octanol–water partition coefficient (Wildman–Crippen LogP) is 0.0354. The van der Waals surface area contributed by atoms with Gasteiger partial charge in [0.2, 0.25) is 0 Å². The maximum Gasteiger partial charge on any atom is 0.768 e. The number of hydrogen-bond donors (Lipinski definition) is 0. The topological polar surface area (TPSA) is 105 Å². The molecule has 8 nitrogen and oxygen atoms in total. The summed E-state index contributed by atoms with van der Waals surface area (Å²) in [6.07, 6.45) is 0. The lowest BCUT2D eigenvalue weighted by atomic mass is 10.7. The van der Waals surface area contributed by atoms with Gasteiger partial charge in [0.15, 0.2) is 0 Å². The van der Waals surface area contributed by atoms with Gasteiger partial charge in [-0.25, -0.2) is 19.2 Å². The smallest absolute Gasteiger partial charge is 0.460 e. The van der Waals surface area contributed by atoms with Crippen molar-refractivity contribution >= 4 is 32.2 Å². The fraction of sp³-hybridized carbons (Fsp3) is 0.333. The lowest BCUT2D eigenvalue weighted by molar-refractivity contribution is -0.164. The van der Waals surface area contributed by atoms with E-state index in [-0.39, 0.29) is 0 Å². The van der Waals surface area contributed by atoms with Crippen LogP contribution in [0.25, 0.3) is 0 Å². The summed E-state index contributed by atoms with van der Waals surface area (Å²) in [5.41, 5.74) is 0. The van der Waals surface area contributed by atoms with Crippen LogP contribution in [0.1, 0.15) is 0 Å². The van der Waals surface area contributed by atoms with Gasteiger partial charge in [0, 0.05) is 0 Å². The molecule has 0 N–H and O–H groups in total. The van der Waals surface area contributed by atoms with E-state index in [1.807, 2.05) is 0 Å². The van der Waals surface area contributed by atoms with Crippen LogP contribution in [-0.2, 0) is 37.7 Å². The molecule has 0 aliphatic heterocycles. The van der Waals surface area contributed by atoms with Gasteiger partial charge in [-0.3, -0.25) is 0 Å². The van der Waals surface area contributed by atoms with Crippen LogP contribution in [0.15, 0.2) is 0 Å². The van der Waals surface area contributed by atoms with E-state index in [1.165, 1.54) is 0 Å². The Morgan fingerprint density at radius 3 is 1.29 bits per heavy atom. The Labute approximate surface area is 93.5 Å². The molecule has 0 bridgehead atoms. The van der Waals surface area contributed by atoms with Crippen LogP contribution in [0.4, 0.5) is 8.39 Å². The number of carbonyl (C=O) groups is 4. The first-order chi connectivity index (χ1) is 7.73. The van der Waals surface area contributed by atoms with Crippen LogP contribution in [-0.4, -0.2) is 38.1 Å². The number of esters is 2. The number of rotatable bonds is 2. The largest absolute Gasteiger partial charge is 0.768 e. The quantitative estimate of drug-likeness (QED) is 0.395. The molecular formula is C6H6F2O8P+. The van der Waals surface area contributed by atoms with E-state index in [0.717, 1.165) is 14.2 Å². The molecule has 0 heterocycles. The van der Waals surface area contributed by atoms with Gasteiger partial charge in [-0.05, 0) is 0 Å². The maximum atomic E-state index is 12.7. The van der Waals surface area contributed by atoms with Gasteiger partial charge in [-0.1, -0.05) is 0 Å². The van der Waals surface area contributed by atoms with E-state index in [2.05, 4.69) is 18.5 Å². The molecule has 0 saturated heterocycles. The fourth-order valence-electron chi connectivity index (χ4n) is 0.453. The molecule has 0 aromatic rings. The molecule has 0 atom stereocenters. The van der Waals surface area contributed by atoms with Crippen molar-refractivity contribution in [3.63, 3.8) is 0 Å². The van der Waals surface area contributed by atoms with E-state index < -0.39 is 32.2 Å². The second-order valence-electron chi connectivity index (χ2n) is 2.16. The van der Waals surface area contributed by atoms with Crippen LogP contribution in [0.2, 0.25) is 0 Å². The number of hydrogen-bond acceptors (Lipinski definition) is 8. The average molecular weight is 275 g/mol. The van der Waals surface area contributed by atoms with E-state index >= 15 is 0 Å². The number of carbonyl (C=O) groups excluding carboxylic acids is 4. The summed E-state index contributed by atoms with van der Waals surface area (Å²) in [6.45, 7) is 0. The summed E-state index contributed by atoms with van der Waals surface area (Å²) in [5, 5.41) is 0. The molecule has 0 spiro atoms. The highest BCUT2D eigenvalue weighted by Crippen LogP contribution is 2.64. The second kappa shape index (κ2) is 6.04. The van der Waals surface area contributed by atoms with Gasteiger partial charge >= 0.3 is 32.2 Å². The Kier molecular flexibility index (Phi) is 5.39. The van der Waals surface area contributed by atoms with E-state index in [4.69, 9.17) is 0 Å². The Bertz CT molecular complexity index is 322. The lowest BCUT2D eigenvalue weighted by Crippen LogP contribution is -2.21. The third-order valence-corrected chi connectivity index (χ3v) is 1.84. The van der Waals surface area contributed by atoms with Gasteiger partial charge in [-0.15, -0.1) is 0 Å². The van der Waals surface area contributed by atoms with Crippen molar-refractivity contribution in [2.24, 2.45) is 0 Å². The molecule has 17 heavy (non-hydrogen) atoms. The van der Waals surface area contributed by atoms with Crippen molar-refractivity contribution in [2.45, 2.75) is 0 Å². The van der Waals surface area contributed by atoms with Crippen molar-refractivity contribution < 1.29 is 46.1 Å². The Hall–Kier alpha value is -1.83. The normalized spacial score (nSPS) is 10.1. The minimum Gasteiger partial charge on any atom is -0.460 e. The molecule has 0 aromatic heterocycles. The first-order valence-electron chi connectivity index (χ1n) is 3.65. The molecule has 0 saturated carbocycles. The molecule has 0 aromatic carbocycles. The zero-order chi connectivity index (χ0) is 13.6. The highest BCUT2D eigenvalue weighted by Gasteiger charge is 2.58. The highest BCUT2D eigenvalue weighted by molar-refractivity contribution is 7.56. The van der Waals surface area contributed by atoms with Crippen molar-refractivity contribution in [1.82, 2.24) is 0 Å². The minimum atomic E-state index is -5.99. The molecule has 0 amide bonds. The first kappa shape index (κ1) is 15.2. The number of methoxy groups -OCH3 is 2. The SMILES string of the molecule is COC(=O)C(=O)O[P+](F)(F)OC(=O)C(=O)OC. The summed E-state index contributed by atoms with van der Waals surface area (Å²) < 4.78 is 39.5. The van der Waals surface area contributed by atoms with E-state index in [9.17, 15) is 27.6 Å². The molecule has 0 aliphatic carbocycles. The van der Waals surface area contributed by atoms with Gasteiger partial charge in [0.1, 0.15) is 0 Å². The summed E-state index contributed by atoms with van der Waals surface area (Å²) in [7, 11) is -4.49. The molecule has 0 unspecified atom stereocenters. The molecule has 0 fully saturated rings. The molecule has 0 rings (SSSR count). The summed E-state index contributed by atoms with van der Waals surface area (Å²) in [6, 6.07) is 0. The molecular weight excluding hydrogens is 269 g/mol. The van der Waals surface area contributed by atoms with E-state index in [1.54, 1.807) is 0 Å². The zero-order valence-corrected chi connectivity index (χ0v) is 9.36. The maximum absolute atomic E-state index is 12.7. The minimum absolute atomic E-state index is 0.751. The average Bonchev–Trinajstić information content (AvgIpc) is 2.25. The Balaban J connectivity index is 4.49. The van der Waals surface area contributed by atoms with Gasteiger partial charge in [-0.2, -0.15) is 9.05 Å². The second-order valence-corrected chi connectivity index (χ2v) is 3.35. The highest BCUT2D eigenvalue weighted by atomic mass is 31.3. The van der Waals surface area contributed by atoms with Crippen LogP contribution >= 0.6 is 8.34 Å². The molecule has 11 heteroatoms. The van der Waals surface area contributed by atoms with Crippen molar-refractivity contribution in [3.8, 4) is 0 Å². The third kappa shape index (κ3) is 5.16. The van der Waals surface area contributed by atoms with Gasteiger partial charge in [0.05, 0.1) is 22.6 Å². The van der Waals surface area contributed by atoms with Gasteiger partial charge < -0.3 is 9.47 Å². The van der Waals surface area contributed by atoms with Gasteiger partial charge in [0.25, 0.3) is 0 Å². The monoisotopic (exact) mass is 275 g/mol. The Morgan fingerprint density at radius 1 is 0.765 bits per heavy atom. The number of ether oxygens (including phenoxy) is 2. The molecule has 96 valence electrons. The fourth-order valence-corrected chi connectivity index (χ4v) is 1.03. The molecule has 0 aliphatic rings. The zero-order valence-electron chi connectivity index (χ0n) is 8.47. The van der Waals surface area contributed by atoms with Crippen LogP contribution < -0.4 is 0 Å². The van der Waals surface area contributed by atoms with Crippen molar-refractivity contribution in [1.29, 1.82) is 0 Å². The predicted molar refractivity (Wildman–Crippen MR) is 45.4 cm³/mol. The Morgan fingerprint density at radius 2 is 1.06 bits per heavy atom. The lowest BCUT2D eigenvalue weighted by Gasteiger charge is -2.01. The summed E-state index contributed by atoms with van der Waals surface area (Å²) in [4.78, 5) is 42.0. The van der Waals surface area contributed by atoms with Crippen LogP contribution in [0, 0.1) is 0 Å². The van der Waals surface area contributed by atoms with Crippen molar-refractivity contribution in [3.05, 3.63) is 0 Å². The third-order valence-electron chi connectivity index (χ3n) is 1.08. The van der Waals surface area contributed by atoms with E-state index in [0.29, 0.717) is 0 Å².